The Kier molecular flexibility index (Phi) is 3.59. The molecule has 3 nitrogen and oxygen atoms in total. The first kappa shape index (κ1) is 11.9. The molecule has 90 valence electrons. The van der Waals surface area contributed by atoms with Crippen LogP contribution < -0.4 is 5.73 Å². The van der Waals surface area contributed by atoms with Crippen molar-refractivity contribution in [3.63, 3.8) is 0 Å². The number of benzene rings is 1. The van der Waals surface area contributed by atoms with Crippen molar-refractivity contribution in [3.05, 3.63) is 36.0 Å². The summed E-state index contributed by atoms with van der Waals surface area (Å²) in [6, 6.07) is 10.00. The maximum atomic E-state index is 6.06. The van der Waals surface area contributed by atoms with Gasteiger partial charge in [-0.25, -0.2) is 0 Å². The number of nitrogen functional groups attached to an aromatic ring is 1. The Labute approximate surface area is 102 Å². The Bertz CT molecular complexity index is 504. The number of rotatable bonds is 4. The highest BCUT2D eigenvalue weighted by Crippen LogP contribution is 2.20. The summed E-state index contributed by atoms with van der Waals surface area (Å²) in [5.74, 6) is 0. The first-order valence-corrected chi connectivity index (χ1v) is 6.11. The molecule has 1 aromatic carbocycles. The highest BCUT2D eigenvalue weighted by molar-refractivity contribution is 5.90. The lowest BCUT2D eigenvalue weighted by atomic mass is 10.1. The van der Waals surface area contributed by atoms with E-state index in [1.54, 1.807) is 0 Å². The van der Waals surface area contributed by atoms with Gasteiger partial charge in [-0.1, -0.05) is 32.0 Å². The fourth-order valence-electron chi connectivity index (χ4n) is 2.02. The number of hydrogen-bond donors (Lipinski definition) is 1. The molecule has 3 heteroatoms. The van der Waals surface area contributed by atoms with Crippen molar-refractivity contribution in [3.8, 4) is 0 Å². The van der Waals surface area contributed by atoms with Crippen molar-refractivity contribution in [2.75, 3.05) is 18.8 Å². The molecule has 0 radical (unpaired) electrons. The minimum Gasteiger partial charge on any atom is -0.398 e. The van der Waals surface area contributed by atoms with Gasteiger partial charge in [0.1, 0.15) is 0 Å². The lowest BCUT2D eigenvalue weighted by Gasteiger charge is -2.18. The molecule has 0 aliphatic carbocycles. The van der Waals surface area contributed by atoms with Gasteiger partial charge in [0.15, 0.2) is 0 Å². The fraction of sp³-hybridized carbons (Fsp3) is 0.357. The van der Waals surface area contributed by atoms with E-state index in [-0.39, 0.29) is 0 Å². The highest BCUT2D eigenvalue weighted by atomic mass is 15.1. The van der Waals surface area contributed by atoms with Crippen molar-refractivity contribution < 1.29 is 0 Å². The molecule has 2 N–H and O–H groups in total. The van der Waals surface area contributed by atoms with Gasteiger partial charge >= 0.3 is 0 Å². The molecule has 0 unspecified atom stereocenters. The summed E-state index contributed by atoms with van der Waals surface area (Å²) in [5, 5.41) is 1.04. The molecule has 0 aliphatic rings. The number of fused-ring (bicyclic) bond motifs is 1. The smallest absolute Gasteiger partial charge is 0.0726 e. The average Bonchev–Trinajstić information content (AvgIpc) is 2.36. The number of pyridine rings is 1. The molecule has 2 aromatic rings. The van der Waals surface area contributed by atoms with E-state index in [9.17, 15) is 0 Å². The number of aromatic nitrogens is 1. The average molecular weight is 229 g/mol. The van der Waals surface area contributed by atoms with E-state index in [4.69, 9.17) is 5.73 Å². The van der Waals surface area contributed by atoms with Crippen LogP contribution in [-0.4, -0.2) is 23.0 Å². The van der Waals surface area contributed by atoms with E-state index in [0.717, 1.165) is 41.9 Å². The summed E-state index contributed by atoms with van der Waals surface area (Å²) >= 11 is 0. The summed E-state index contributed by atoms with van der Waals surface area (Å²) in [5.41, 5.74) is 8.90. The molecule has 0 amide bonds. The molecule has 1 aromatic heterocycles. The molecule has 0 saturated heterocycles. The first-order chi connectivity index (χ1) is 8.24. The Morgan fingerprint density at radius 2 is 1.88 bits per heavy atom. The van der Waals surface area contributed by atoms with Gasteiger partial charge in [0.25, 0.3) is 0 Å². The number of para-hydroxylation sites is 1. The quantitative estimate of drug-likeness (QED) is 0.876. The zero-order valence-corrected chi connectivity index (χ0v) is 10.5. The van der Waals surface area contributed by atoms with Crippen LogP contribution in [0.4, 0.5) is 5.69 Å². The zero-order chi connectivity index (χ0) is 12.3. The second-order valence-corrected chi connectivity index (χ2v) is 4.18. The predicted octanol–water partition coefficient (Wildman–Crippen LogP) is 2.66. The third-order valence-electron chi connectivity index (χ3n) is 3.08. The highest BCUT2D eigenvalue weighted by Gasteiger charge is 2.06. The van der Waals surface area contributed by atoms with E-state index in [1.807, 2.05) is 30.3 Å². The van der Waals surface area contributed by atoms with E-state index in [1.165, 1.54) is 0 Å². The van der Waals surface area contributed by atoms with Crippen LogP contribution in [0.1, 0.15) is 19.5 Å². The molecule has 0 saturated carbocycles. The van der Waals surface area contributed by atoms with E-state index < -0.39 is 0 Å². The molecule has 0 atom stereocenters. The van der Waals surface area contributed by atoms with Gasteiger partial charge in [0.2, 0.25) is 0 Å². The van der Waals surface area contributed by atoms with Crippen LogP contribution in [0.25, 0.3) is 10.9 Å². The van der Waals surface area contributed by atoms with Crippen LogP contribution in [0.2, 0.25) is 0 Å². The molecule has 0 fully saturated rings. The normalized spacial score (nSPS) is 11.2. The number of hydrogen-bond acceptors (Lipinski definition) is 3. The predicted molar refractivity (Wildman–Crippen MR) is 72.8 cm³/mol. The van der Waals surface area contributed by atoms with Crippen LogP contribution >= 0.6 is 0 Å². The molecule has 2 rings (SSSR count). The third-order valence-corrected chi connectivity index (χ3v) is 3.08. The minimum absolute atomic E-state index is 0.817. The SMILES string of the molecule is CCN(CC)Cc1cc(N)c2ccccc2n1. The molecule has 0 spiro atoms. The van der Waals surface area contributed by atoms with Crippen molar-refractivity contribution in [2.45, 2.75) is 20.4 Å². The van der Waals surface area contributed by atoms with Gasteiger partial charge in [-0.05, 0) is 25.2 Å². The van der Waals surface area contributed by atoms with Crippen LogP contribution in [0, 0.1) is 0 Å². The molecular formula is C14H19N3. The summed E-state index contributed by atoms with van der Waals surface area (Å²) in [6.45, 7) is 7.25. The first-order valence-electron chi connectivity index (χ1n) is 6.11. The second-order valence-electron chi connectivity index (χ2n) is 4.18. The van der Waals surface area contributed by atoms with Crippen LogP contribution in [-0.2, 0) is 6.54 Å². The molecule has 0 bridgehead atoms. The second kappa shape index (κ2) is 5.15. The lowest BCUT2D eigenvalue weighted by Crippen LogP contribution is -2.22. The van der Waals surface area contributed by atoms with E-state index in [0.29, 0.717) is 0 Å². The fourth-order valence-corrected chi connectivity index (χ4v) is 2.02. The van der Waals surface area contributed by atoms with Crippen molar-refractivity contribution >= 4 is 16.6 Å². The topological polar surface area (TPSA) is 42.1 Å². The molecule has 1 heterocycles. The van der Waals surface area contributed by atoms with Gasteiger partial charge < -0.3 is 5.73 Å². The maximum absolute atomic E-state index is 6.06. The summed E-state index contributed by atoms with van der Waals surface area (Å²) in [6.07, 6.45) is 0. The Balaban J connectivity index is 2.36. The Hall–Kier alpha value is -1.61. The van der Waals surface area contributed by atoms with Gasteiger partial charge in [-0.3, -0.25) is 9.88 Å². The summed E-state index contributed by atoms with van der Waals surface area (Å²) in [7, 11) is 0. The van der Waals surface area contributed by atoms with Gasteiger partial charge in [0, 0.05) is 17.6 Å². The Morgan fingerprint density at radius 3 is 2.59 bits per heavy atom. The van der Waals surface area contributed by atoms with Crippen LogP contribution in [0.15, 0.2) is 30.3 Å². The van der Waals surface area contributed by atoms with Gasteiger partial charge in [-0.2, -0.15) is 0 Å². The minimum atomic E-state index is 0.817. The number of nitrogens with two attached hydrogens (primary N) is 1. The molecular weight excluding hydrogens is 210 g/mol. The van der Waals surface area contributed by atoms with Crippen molar-refractivity contribution in [1.82, 2.24) is 9.88 Å². The Morgan fingerprint density at radius 1 is 1.18 bits per heavy atom. The number of nitrogens with zero attached hydrogens (tertiary/aromatic N) is 2. The van der Waals surface area contributed by atoms with Gasteiger partial charge in [0.05, 0.1) is 11.2 Å². The van der Waals surface area contributed by atoms with Crippen LogP contribution in [0.3, 0.4) is 0 Å². The maximum Gasteiger partial charge on any atom is 0.0726 e. The van der Waals surface area contributed by atoms with E-state index >= 15 is 0 Å². The van der Waals surface area contributed by atoms with Crippen molar-refractivity contribution in [2.24, 2.45) is 0 Å². The standard InChI is InChI=1S/C14H19N3/c1-3-17(4-2)10-11-9-13(15)12-7-5-6-8-14(12)16-11/h5-9H,3-4,10H2,1-2H3,(H2,15,16). The summed E-state index contributed by atoms with van der Waals surface area (Å²) < 4.78 is 0. The summed E-state index contributed by atoms with van der Waals surface area (Å²) in [4.78, 5) is 6.98. The largest absolute Gasteiger partial charge is 0.398 e. The lowest BCUT2D eigenvalue weighted by molar-refractivity contribution is 0.292. The zero-order valence-electron chi connectivity index (χ0n) is 10.5. The van der Waals surface area contributed by atoms with E-state index in [2.05, 4.69) is 23.7 Å². The third kappa shape index (κ3) is 2.56. The molecule has 17 heavy (non-hydrogen) atoms. The monoisotopic (exact) mass is 229 g/mol. The van der Waals surface area contributed by atoms with Crippen LogP contribution in [0.5, 0.6) is 0 Å². The van der Waals surface area contributed by atoms with Gasteiger partial charge in [-0.15, -0.1) is 0 Å². The van der Waals surface area contributed by atoms with Crippen molar-refractivity contribution in [1.29, 1.82) is 0 Å². The molecule has 0 aliphatic heterocycles. The number of anilines is 1.